The maximum atomic E-state index is 4.73. The second-order valence-electron chi connectivity index (χ2n) is 5.15. The lowest BCUT2D eigenvalue weighted by molar-refractivity contribution is 0.889. The highest BCUT2D eigenvalue weighted by Crippen LogP contribution is 2.26. The molecule has 0 saturated heterocycles. The second-order valence-corrected chi connectivity index (χ2v) is 5.15. The van der Waals surface area contributed by atoms with Gasteiger partial charge >= 0.3 is 0 Å². The van der Waals surface area contributed by atoms with Crippen molar-refractivity contribution < 1.29 is 0 Å². The van der Waals surface area contributed by atoms with Crippen molar-refractivity contribution in [1.82, 2.24) is 15.0 Å². The first-order valence-electron chi connectivity index (χ1n) is 7.02. The Hall–Kier alpha value is -2.42. The Labute approximate surface area is 116 Å². The van der Waals surface area contributed by atoms with Crippen molar-refractivity contribution in [1.29, 1.82) is 0 Å². The van der Waals surface area contributed by atoms with E-state index in [-0.39, 0.29) is 0 Å². The van der Waals surface area contributed by atoms with Crippen molar-refractivity contribution in [3.8, 4) is 0 Å². The molecular weight excluding hydrogens is 246 g/mol. The third-order valence-corrected chi connectivity index (χ3v) is 3.70. The van der Waals surface area contributed by atoms with Gasteiger partial charge in [-0.2, -0.15) is 0 Å². The topological polar surface area (TPSA) is 41.6 Å². The predicted molar refractivity (Wildman–Crippen MR) is 82.9 cm³/mol. The third kappa shape index (κ3) is 1.67. The van der Waals surface area contributed by atoms with Crippen molar-refractivity contribution in [3.63, 3.8) is 0 Å². The first-order chi connectivity index (χ1) is 9.85. The van der Waals surface area contributed by atoms with E-state index < -0.39 is 0 Å². The Morgan fingerprint density at radius 1 is 0.950 bits per heavy atom. The highest BCUT2D eigenvalue weighted by molar-refractivity contribution is 6.08. The van der Waals surface area contributed by atoms with E-state index in [4.69, 9.17) is 9.97 Å². The van der Waals surface area contributed by atoms with Crippen LogP contribution in [0.5, 0.6) is 0 Å². The van der Waals surface area contributed by atoms with E-state index in [1.807, 2.05) is 6.07 Å². The second kappa shape index (κ2) is 4.30. The quantitative estimate of drug-likeness (QED) is 0.587. The molecule has 20 heavy (non-hydrogen) atoms. The number of aryl methyl sites for hydroxylation is 1. The van der Waals surface area contributed by atoms with Crippen LogP contribution in [0.1, 0.15) is 19.0 Å². The van der Waals surface area contributed by atoms with Crippen LogP contribution < -0.4 is 0 Å². The van der Waals surface area contributed by atoms with E-state index in [2.05, 4.69) is 48.3 Å². The summed E-state index contributed by atoms with van der Waals surface area (Å²) in [6.07, 6.45) is 2.13. The molecule has 0 fully saturated rings. The van der Waals surface area contributed by atoms with Gasteiger partial charge in [0.25, 0.3) is 0 Å². The van der Waals surface area contributed by atoms with Gasteiger partial charge in [-0.3, -0.25) is 4.98 Å². The number of H-pyrrole nitrogens is 1. The summed E-state index contributed by atoms with van der Waals surface area (Å²) in [5.41, 5.74) is 5.13. The monoisotopic (exact) mass is 261 g/mol. The number of nitrogens with zero attached hydrogens (tertiary/aromatic N) is 2. The maximum Gasteiger partial charge on any atom is 0.139 e. The molecule has 3 nitrogen and oxygen atoms in total. The Morgan fingerprint density at radius 2 is 1.85 bits per heavy atom. The molecule has 0 bridgehead atoms. The van der Waals surface area contributed by atoms with E-state index in [0.717, 1.165) is 46.1 Å². The van der Waals surface area contributed by atoms with Crippen LogP contribution in [0.2, 0.25) is 0 Å². The number of aromatic amines is 1. The molecule has 0 unspecified atom stereocenters. The number of hydrogen-bond donors (Lipinski definition) is 1. The molecule has 0 saturated carbocycles. The van der Waals surface area contributed by atoms with Gasteiger partial charge in [-0.15, -0.1) is 0 Å². The SMILES string of the molecule is CCCc1ccc2nc3[nH]c4ccccc4c3cc2n1. The third-order valence-electron chi connectivity index (χ3n) is 3.70. The van der Waals surface area contributed by atoms with Crippen LogP contribution in [0.3, 0.4) is 0 Å². The van der Waals surface area contributed by atoms with E-state index in [1.165, 1.54) is 5.39 Å². The van der Waals surface area contributed by atoms with Gasteiger partial charge in [0.15, 0.2) is 0 Å². The number of para-hydroxylation sites is 1. The summed E-state index contributed by atoms with van der Waals surface area (Å²) >= 11 is 0. The summed E-state index contributed by atoms with van der Waals surface area (Å²) in [6, 6.07) is 14.6. The number of nitrogens with one attached hydrogen (secondary N) is 1. The normalized spacial score (nSPS) is 11.7. The minimum atomic E-state index is 0.934. The van der Waals surface area contributed by atoms with Crippen LogP contribution in [0.4, 0.5) is 0 Å². The molecule has 0 aliphatic heterocycles. The molecule has 4 rings (SSSR count). The molecule has 0 aliphatic carbocycles. The molecule has 98 valence electrons. The summed E-state index contributed by atoms with van der Waals surface area (Å²) in [5, 5.41) is 2.36. The molecular formula is C17H15N3. The van der Waals surface area contributed by atoms with Gasteiger partial charge < -0.3 is 4.98 Å². The van der Waals surface area contributed by atoms with Crippen molar-refractivity contribution >= 4 is 33.0 Å². The first kappa shape index (κ1) is 11.4. The van der Waals surface area contributed by atoms with E-state index in [9.17, 15) is 0 Å². The molecule has 3 heterocycles. The average molecular weight is 261 g/mol. The predicted octanol–water partition coefficient (Wildman–Crippen LogP) is 4.22. The smallest absolute Gasteiger partial charge is 0.139 e. The van der Waals surface area contributed by atoms with Crippen LogP contribution in [0.25, 0.3) is 33.0 Å². The fourth-order valence-electron chi connectivity index (χ4n) is 2.75. The lowest BCUT2D eigenvalue weighted by Crippen LogP contribution is -1.91. The largest absolute Gasteiger partial charge is 0.339 e. The summed E-state index contributed by atoms with van der Waals surface area (Å²) in [7, 11) is 0. The summed E-state index contributed by atoms with van der Waals surface area (Å²) < 4.78 is 0. The minimum absolute atomic E-state index is 0.934. The summed E-state index contributed by atoms with van der Waals surface area (Å²) in [6.45, 7) is 2.17. The number of aromatic nitrogens is 3. The molecule has 1 aromatic carbocycles. The molecule has 3 aromatic heterocycles. The van der Waals surface area contributed by atoms with Gasteiger partial charge in [0.05, 0.1) is 11.0 Å². The lowest BCUT2D eigenvalue weighted by Gasteiger charge is -2.01. The van der Waals surface area contributed by atoms with Crippen LogP contribution in [0, 0.1) is 0 Å². The molecule has 4 aromatic rings. The molecule has 3 heteroatoms. The van der Waals surface area contributed by atoms with Gasteiger partial charge in [0, 0.05) is 22.0 Å². The Bertz CT molecular complexity index is 921. The van der Waals surface area contributed by atoms with Crippen molar-refractivity contribution in [3.05, 3.63) is 48.2 Å². The molecule has 0 radical (unpaired) electrons. The molecule has 0 atom stereocenters. The first-order valence-corrected chi connectivity index (χ1v) is 7.02. The number of pyridine rings is 2. The van der Waals surface area contributed by atoms with Crippen LogP contribution in [0.15, 0.2) is 42.5 Å². The Kier molecular flexibility index (Phi) is 2.46. The number of rotatable bonds is 2. The lowest BCUT2D eigenvalue weighted by atomic mass is 10.1. The highest BCUT2D eigenvalue weighted by atomic mass is 14.9. The summed E-state index contributed by atoms with van der Waals surface area (Å²) in [4.78, 5) is 12.8. The standard InChI is InChI=1S/C17H15N3/c1-2-5-11-8-9-15-16(18-11)10-13-12-6-3-4-7-14(12)19-17(13)20-15/h3-4,6-10H,2,5H2,1H3,(H,19,20). The van der Waals surface area contributed by atoms with Crippen LogP contribution in [-0.2, 0) is 6.42 Å². The minimum Gasteiger partial charge on any atom is -0.339 e. The number of fused-ring (bicyclic) bond motifs is 4. The van der Waals surface area contributed by atoms with E-state index >= 15 is 0 Å². The van der Waals surface area contributed by atoms with Gasteiger partial charge in [-0.25, -0.2) is 4.98 Å². The zero-order valence-corrected chi connectivity index (χ0v) is 11.4. The molecule has 0 aliphatic rings. The van der Waals surface area contributed by atoms with Gasteiger partial charge in [-0.05, 0) is 30.7 Å². The fraction of sp³-hybridized carbons (Fsp3) is 0.176. The van der Waals surface area contributed by atoms with E-state index in [1.54, 1.807) is 0 Å². The maximum absolute atomic E-state index is 4.73. The van der Waals surface area contributed by atoms with Gasteiger partial charge in [0.1, 0.15) is 5.65 Å². The fourth-order valence-corrected chi connectivity index (χ4v) is 2.75. The molecule has 0 amide bonds. The Morgan fingerprint density at radius 3 is 2.75 bits per heavy atom. The number of hydrogen-bond acceptors (Lipinski definition) is 2. The average Bonchev–Trinajstić information content (AvgIpc) is 2.83. The Balaban J connectivity index is 2.06. The van der Waals surface area contributed by atoms with Crippen molar-refractivity contribution in [2.75, 3.05) is 0 Å². The molecule has 1 N–H and O–H groups in total. The highest BCUT2D eigenvalue weighted by Gasteiger charge is 2.07. The van der Waals surface area contributed by atoms with Crippen LogP contribution in [-0.4, -0.2) is 15.0 Å². The van der Waals surface area contributed by atoms with E-state index in [0.29, 0.717) is 0 Å². The zero-order chi connectivity index (χ0) is 13.5. The summed E-state index contributed by atoms with van der Waals surface area (Å²) in [5.74, 6) is 0. The van der Waals surface area contributed by atoms with Gasteiger partial charge in [-0.1, -0.05) is 31.5 Å². The van der Waals surface area contributed by atoms with Crippen molar-refractivity contribution in [2.45, 2.75) is 19.8 Å². The van der Waals surface area contributed by atoms with Crippen LogP contribution >= 0.6 is 0 Å². The number of benzene rings is 1. The van der Waals surface area contributed by atoms with Crippen molar-refractivity contribution in [2.24, 2.45) is 0 Å². The molecule has 0 spiro atoms. The van der Waals surface area contributed by atoms with Gasteiger partial charge in [0.2, 0.25) is 0 Å². The zero-order valence-electron chi connectivity index (χ0n) is 11.4.